The number of methoxy groups -OCH3 is 1. The van der Waals surface area contributed by atoms with Gasteiger partial charge in [-0.05, 0) is 37.0 Å². The average molecular weight is 391 g/mol. The monoisotopic (exact) mass is 390 g/mol. The van der Waals surface area contributed by atoms with E-state index in [1.54, 1.807) is 19.2 Å². The van der Waals surface area contributed by atoms with Crippen LogP contribution >= 0.6 is 12.4 Å². The zero-order valence-corrected chi connectivity index (χ0v) is 16.6. The van der Waals surface area contributed by atoms with E-state index in [0.29, 0.717) is 30.6 Å². The van der Waals surface area contributed by atoms with Crippen LogP contribution in [0.15, 0.2) is 29.2 Å². The summed E-state index contributed by atoms with van der Waals surface area (Å²) in [5.41, 5.74) is 1.07. The van der Waals surface area contributed by atoms with E-state index in [1.165, 1.54) is 38.5 Å². The fourth-order valence-electron chi connectivity index (χ4n) is 3.08. The van der Waals surface area contributed by atoms with Crippen molar-refractivity contribution in [1.82, 2.24) is 10.0 Å². The summed E-state index contributed by atoms with van der Waals surface area (Å²) in [6, 6.07) is 7.55. The van der Waals surface area contributed by atoms with Crippen LogP contribution in [0.4, 0.5) is 0 Å². The number of hydrogen-bond acceptors (Lipinski definition) is 4. The Hall–Kier alpha value is -0.660. The molecule has 0 spiro atoms. The Kier molecular flexibility index (Phi) is 10.6. The second-order valence-electron chi connectivity index (χ2n) is 6.43. The standard InChI is InChI=1S/C18H30N2O3S.ClH/c1-23-15-12-16-8-10-18(11-9-16)24(21,22)20-14-13-19-17-6-4-2-3-5-7-17;/h8-11,17,19-20H,2-7,12-15H2,1H3;1H. The molecule has 1 aliphatic rings. The third-order valence-corrected chi connectivity index (χ3v) is 6.01. The van der Waals surface area contributed by atoms with Gasteiger partial charge in [0.05, 0.1) is 11.5 Å². The van der Waals surface area contributed by atoms with Gasteiger partial charge in [0, 0.05) is 26.2 Å². The molecule has 1 saturated carbocycles. The minimum Gasteiger partial charge on any atom is -0.384 e. The van der Waals surface area contributed by atoms with Crippen LogP contribution < -0.4 is 10.0 Å². The summed E-state index contributed by atoms with van der Waals surface area (Å²) in [5.74, 6) is 0. The normalized spacial score (nSPS) is 16.2. The second kappa shape index (κ2) is 11.9. The van der Waals surface area contributed by atoms with Crippen LogP contribution in [-0.2, 0) is 21.2 Å². The average Bonchev–Trinajstić information content (AvgIpc) is 2.86. The molecule has 1 aromatic carbocycles. The first-order chi connectivity index (χ1) is 11.6. The number of rotatable bonds is 9. The van der Waals surface area contributed by atoms with Gasteiger partial charge < -0.3 is 10.1 Å². The van der Waals surface area contributed by atoms with Gasteiger partial charge in [-0.15, -0.1) is 12.4 Å². The number of hydrogen-bond donors (Lipinski definition) is 2. The molecule has 0 saturated heterocycles. The summed E-state index contributed by atoms with van der Waals surface area (Å²) < 4.78 is 32.3. The van der Waals surface area contributed by atoms with Gasteiger partial charge >= 0.3 is 0 Å². The van der Waals surface area contributed by atoms with Gasteiger partial charge in [0.1, 0.15) is 0 Å². The van der Waals surface area contributed by atoms with E-state index in [4.69, 9.17) is 4.74 Å². The van der Waals surface area contributed by atoms with Crippen molar-refractivity contribution in [1.29, 1.82) is 0 Å². The van der Waals surface area contributed by atoms with E-state index in [0.717, 1.165) is 12.0 Å². The van der Waals surface area contributed by atoms with Crippen molar-refractivity contribution >= 4 is 22.4 Å². The molecule has 0 unspecified atom stereocenters. The Balaban J connectivity index is 0.00000312. The molecule has 7 heteroatoms. The number of nitrogens with one attached hydrogen (secondary N) is 2. The molecule has 0 bridgehead atoms. The van der Waals surface area contributed by atoms with E-state index in [2.05, 4.69) is 10.0 Å². The summed E-state index contributed by atoms with van der Waals surface area (Å²) in [6.07, 6.45) is 8.40. The van der Waals surface area contributed by atoms with Crippen molar-refractivity contribution in [3.8, 4) is 0 Å². The lowest BCUT2D eigenvalue weighted by Crippen LogP contribution is -2.36. The highest BCUT2D eigenvalue weighted by Gasteiger charge is 2.14. The van der Waals surface area contributed by atoms with Crippen molar-refractivity contribution in [2.45, 2.75) is 55.9 Å². The minimum absolute atomic E-state index is 0. The predicted octanol–water partition coefficient (Wildman–Crippen LogP) is 2.89. The third-order valence-electron chi connectivity index (χ3n) is 4.53. The number of benzene rings is 1. The minimum atomic E-state index is -3.43. The Labute approximate surface area is 158 Å². The largest absolute Gasteiger partial charge is 0.384 e. The molecule has 0 aromatic heterocycles. The molecule has 25 heavy (non-hydrogen) atoms. The van der Waals surface area contributed by atoms with Crippen molar-refractivity contribution in [3.05, 3.63) is 29.8 Å². The lowest BCUT2D eigenvalue weighted by atomic mass is 10.1. The van der Waals surface area contributed by atoms with Crippen LogP contribution in [0.2, 0.25) is 0 Å². The Morgan fingerprint density at radius 2 is 1.68 bits per heavy atom. The maximum Gasteiger partial charge on any atom is 0.240 e. The van der Waals surface area contributed by atoms with Gasteiger partial charge in [-0.3, -0.25) is 0 Å². The highest BCUT2D eigenvalue weighted by atomic mass is 35.5. The lowest BCUT2D eigenvalue weighted by Gasteiger charge is -2.16. The Bertz CT molecular complexity index is 570. The number of halogens is 1. The van der Waals surface area contributed by atoms with E-state index >= 15 is 0 Å². The van der Waals surface area contributed by atoms with Crippen LogP contribution in [0.5, 0.6) is 0 Å². The predicted molar refractivity (Wildman–Crippen MR) is 104 cm³/mol. The summed E-state index contributed by atoms with van der Waals surface area (Å²) in [5, 5.41) is 3.48. The molecule has 2 N–H and O–H groups in total. The fourth-order valence-corrected chi connectivity index (χ4v) is 4.12. The molecule has 0 atom stereocenters. The molecule has 144 valence electrons. The Morgan fingerprint density at radius 3 is 2.28 bits per heavy atom. The molecule has 0 aliphatic heterocycles. The maximum absolute atomic E-state index is 12.3. The third kappa shape index (κ3) is 8.05. The number of sulfonamides is 1. The van der Waals surface area contributed by atoms with Crippen molar-refractivity contribution in [3.63, 3.8) is 0 Å². The Morgan fingerprint density at radius 1 is 1.04 bits per heavy atom. The first-order valence-electron chi connectivity index (χ1n) is 8.93. The lowest BCUT2D eigenvalue weighted by molar-refractivity contribution is 0.202. The molecular weight excluding hydrogens is 360 g/mol. The SMILES string of the molecule is COCCc1ccc(S(=O)(=O)NCCNC2CCCCCC2)cc1.Cl. The van der Waals surface area contributed by atoms with Gasteiger partial charge in [-0.1, -0.05) is 37.8 Å². The molecule has 1 fully saturated rings. The summed E-state index contributed by atoms with van der Waals surface area (Å²) in [6.45, 7) is 1.73. The summed E-state index contributed by atoms with van der Waals surface area (Å²) in [7, 11) is -1.77. The maximum atomic E-state index is 12.3. The molecule has 1 aliphatic carbocycles. The van der Waals surface area contributed by atoms with Crippen LogP contribution in [0.1, 0.15) is 44.1 Å². The first kappa shape index (κ1) is 22.4. The highest BCUT2D eigenvalue weighted by molar-refractivity contribution is 7.89. The van der Waals surface area contributed by atoms with Crippen molar-refractivity contribution in [2.75, 3.05) is 26.8 Å². The summed E-state index contributed by atoms with van der Waals surface area (Å²) >= 11 is 0. The van der Waals surface area contributed by atoms with Crippen LogP contribution in [-0.4, -0.2) is 41.3 Å². The molecule has 0 radical (unpaired) electrons. The summed E-state index contributed by atoms with van der Waals surface area (Å²) in [4.78, 5) is 0.318. The molecular formula is C18H31ClN2O3S. The molecule has 0 amide bonds. The van der Waals surface area contributed by atoms with Crippen molar-refractivity contribution in [2.24, 2.45) is 0 Å². The number of ether oxygens (including phenoxy) is 1. The van der Waals surface area contributed by atoms with Gasteiger partial charge in [0.25, 0.3) is 0 Å². The van der Waals surface area contributed by atoms with E-state index in [-0.39, 0.29) is 12.4 Å². The zero-order valence-electron chi connectivity index (χ0n) is 15.0. The topological polar surface area (TPSA) is 67.4 Å². The van der Waals surface area contributed by atoms with E-state index in [1.807, 2.05) is 12.1 Å². The van der Waals surface area contributed by atoms with Crippen LogP contribution in [0, 0.1) is 0 Å². The molecule has 1 aromatic rings. The quantitative estimate of drug-likeness (QED) is 0.502. The van der Waals surface area contributed by atoms with Gasteiger partial charge in [0.2, 0.25) is 10.0 Å². The van der Waals surface area contributed by atoms with Gasteiger partial charge in [-0.2, -0.15) is 0 Å². The van der Waals surface area contributed by atoms with Crippen LogP contribution in [0.25, 0.3) is 0 Å². The van der Waals surface area contributed by atoms with E-state index in [9.17, 15) is 8.42 Å². The molecule has 5 nitrogen and oxygen atoms in total. The highest BCUT2D eigenvalue weighted by Crippen LogP contribution is 2.17. The fraction of sp³-hybridized carbons (Fsp3) is 0.667. The second-order valence-corrected chi connectivity index (χ2v) is 8.19. The molecule has 2 rings (SSSR count). The van der Waals surface area contributed by atoms with Crippen LogP contribution in [0.3, 0.4) is 0 Å². The molecule has 0 heterocycles. The van der Waals surface area contributed by atoms with Gasteiger partial charge in [-0.25, -0.2) is 13.1 Å². The first-order valence-corrected chi connectivity index (χ1v) is 10.4. The zero-order chi connectivity index (χ0) is 17.3. The van der Waals surface area contributed by atoms with Gasteiger partial charge in [0.15, 0.2) is 0 Å². The van der Waals surface area contributed by atoms with Crippen molar-refractivity contribution < 1.29 is 13.2 Å². The smallest absolute Gasteiger partial charge is 0.240 e. The van der Waals surface area contributed by atoms with E-state index < -0.39 is 10.0 Å².